The van der Waals surface area contributed by atoms with Gasteiger partial charge in [-0.1, -0.05) is 42.8 Å². The molecule has 1 unspecified atom stereocenters. The van der Waals surface area contributed by atoms with E-state index in [1.807, 2.05) is 31.2 Å². The van der Waals surface area contributed by atoms with Crippen molar-refractivity contribution in [3.8, 4) is 5.75 Å². The number of para-hydroxylation sites is 2. The molecule has 2 aliphatic carbocycles. The van der Waals surface area contributed by atoms with Gasteiger partial charge < -0.3 is 19.4 Å². The van der Waals surface area contributed by atoms with E-state index in [1.165, 1.54) is 22.9 Å². The van der Waals surface area contributed by atoms with Crippen LogP contribution in [0.1, 0.15) is 75.3 Å². The van der Waals surface area contributed by atoms with Crippen molar-refractivity contribution < 1.29 is 19.1 Å². The highest BCUT2D eigenvalue weighted by Gasteiger charge is 2.35. The fourth-order valence-electron chi connectivity index (χ4n) is 6.30. The van der Waals surface area contributed by atoms with Crippen LogP contribution in [0.4, 0.5) is 0 Å². The molecular weight excluding hydrogens is 500 g/mol. The van der Waals surface area contributed by atoms with Crippen LogP contribution in [0.2, 0.25) is 0 Å². The Kier molecular flexibility index (Phi) is 8.43. The number of nitrogens with zero attached hydrogens (tertiary/aromatic N) is 1. The monoisotopic (exact) mass is 540 g/mol. The number of hydrogen-bond acceptors (Lipinski definition) is 5. The Balaban J connectivity index is 0.000000244. The van der Waals surface area contributed by atoms with Gasteiger partial charge in [0.15, 0.2) is 5.78 Å². The van der Waals surface area contributed by atoms with E-state index in [-0.39, 0.29) is 23.8 Å². The number of esters is 1. The van der Waals surface area contributed by atoms with Gasteiger partial charge in [0.05, 0.1) is 12.7 Å². The maximum absolute atomic E-state index is 13.0. The number of hydrogen-bond donors (Lipinski definition) is 1. The average molecular weight is 541 g/mol. The standard InChI is InChI=1S/C24H29NO4.C10H11N/c1-15-19(24(27)29-17-8-4-3-5-9-17)14-20-21(25-15)12-16(13-22(20)26)18-10-6-7-11-23(18)28-2;1-8-7-11(2)10-6-4-3-5-9(8)10/h6-7,10-11,16-17,25H,3-5,8-9,12-14H2,1-2H3;3-7H,1-2H3. The minimum absolute atomic E-state index is 0.0175. The van der Waals surface area contributed by atoms with Gasteiger partial charge in [-0.05, 0) is 69.2 Å². The summed E-state index contributed by atoms with van der Waals surface area (Å²) in [5.74, 6) is 0.723. The van der Waals surface area contributed by atoms with Crippen molar-refractivity contribution in [1.82, 2.24) is 9.88 Å². The highest BCUT2D eigenvalue weighted by molar-refractivity contribution is 6.01. The molecule has 0 spiro atoms. The van der Waals surface area contributed by atoms with Crippen molar-refractivity contribution in [2.75, 3.05) is 7.11 Å². The third-order valence-corrected chi connectivity index (χ3v) is 8.48. The molecule has 0 radical (unpaired) electrons. The van der Waals surface area contributed by atoms with Crippen LogP contribution in [0, 0.1) is 6.92 Å². The molecule has 1 saturated carbocycles. The van der Waals surface area contributed by atoms with E-state index < -0.39 is 0 Å². The molecule has 3 aliphatic rings. The van der Waals surface area contributed by atoms with Crippen molar-refractivity contribution in [1.29, 1.82) is 0 Å². The lowest BCUT2D eigenvalue weighted by Crippen LogP contribution is -2.32. The predicted molar refractivity (Wildman–Crippen MR) is 158 cm³/mol. The molecule has 1 fully saturated rings. The Morgan fingerprint density at radius 2 is 1.70 bits per heavy atom. The van der Waals surface area contributed by atoms with Crippen molar-refractivity contribution in [2.45, 2.75) is 77.2 Å². The lowest BCUT2D eigenvalue weighted by molar-refractivity contribution is -0.145. The number of methoxy groups -OCH3 is 1. The third-order valence-electron chi connectivity index (χ3n) is 8.48. The minimum atomic E-state index is -0.270. The number of rotatable bonds is 4. The van der Waals surface area contributed by atoms with Crippen molar-refractivity contribution in [2.24, 2.45) is 7.05 Å². The van der Waals surface area contributed by atoms with Crippen LogP contribution in [-0.2, 0) is 21.4 Å². The van der Waals surface area contributed by atoms with E-state index in [0.717, 1.165) is 60.4 Å². The Hall–Kier alpha value is -3.80. The van der Waals surface area contributed by atoms with Crippen LogP contribution < -0.4 is 10.1 Å². The van der Waals surface area contributed by atoms with Gasteiger partial charge in [-0.25, -0.2) is 4.79 Å². The fourth-order valence-corrected chi connectivity index (χ4v) is 6.30. The van der Waals surface area contributed by atoms with Crippen molar-refractivity contribution >= 4 is 22.7 Å². The molecular formula is C34H40N2O4. The summed E-state index contributed by atoms with van der Waals surface area (Å²) in [6, 6.07) is 16.3. The first-order valence-corrected chi connectivity index (χ1v) is 14.4. The van der Waals surface area contributed by atoms with Crippen LogP contribution in [-0.4, -0.2) is 29.5 Å². The topological polar surface area (TPSA) is 69.6 Å². The number of aromatic nitrogens is 1. The SMILES string of the molecule is COc1ccccc1C1CC(=O)C2=C(C1)NC(C)=C(C(=O)OC1CCCCC1)C2.Cc1cn(C)c2ccccc12. The van der Waals surface area contributed by atoms with E-state index in [4.69, 9.17) is 9.47 Å². The maximum Gasteiger partial charge on any atom is 0.336 e. The third kappa shape index (κ3) is 5.86. The molecule has 0 bridgehead atoms. The van der Waals surface area contributed by atoms with E-state index in [0.29, 0.717) is 18.4 Å². The lowest BCUT2D eigenvalue weighted by atomic mass is 9.78. The van der Waals surface area contributed by atoms with Crippen LogP contribution in [0.3, 0.4) is 0 Å². The number of allylic oxidation sites excluding steroid dienone is 3. The van der Waals surface area contributed by atoms with E-state index >= 15 is 0 Å². The molecule has 2 heterocycles. The minimum Gasteiger partial charge on any atom is -0.496 e. The second-order valence-corrected chi connectivity index (χ2v) is 11.2. The molecule has 1 aromatic heterocycles. The van der Waals surface area contributed by atoms with Crippen molar-refractivity contribution in [3.05, 3.63) is 88.4 Å². The van der Waals surface area contributed by atoms with Gasteiger partial charge in [0.2, 0.25) is 0 Å². The van der Waals surface area contributed by atoms with Crippen LogP contribution in [0.5, 0.6) is 5.75 Å². The fraction of sp³-hybridized carbons (Fsp3) is 0.412. The Labute approximate surface area is 237 Å². The Morgan fingerprint density at radius 3 is 2.45 bits per heavy atom. The Bertz CT molecular complexity index is 1440. The summed E-state index contributed by atoms with van der Waals surface area (Å²) in [5, 5.41) is 4.71. The van der Waals surface area contributed by atoms with E-state index in [9.17, 15) is 9.59 Å². The van der Waals surface area contributed by atoms with Crippen LogP contribution >= 0.6 is 0 Å². The number of nitrogens with one attached hydrogen (secondary N) is 1. The van der Waals surface area contributed by atoms with Gasteiger partial charge in [-0.3, -0.25) is 4.79 Å². The summed E-state index contributed by atoms with van der Waals surface area (Å²) in [6.45, 7) is 4.04. The molecule has 2 aromatic carbocycles. The molecule has 6 heteroatoms. The smallest absolute Gasteiger partial charge is 0.336 e. The van der Waals surface area contributed by atoms with Gasteiger partial charge >= 0.3 is 5.97 Å². The first-order valence-electron chi connectivity index (χ1n) is 14.4. The number of carbonyl (C=O) groups excluding carboxylic acids is 2. The van der Waals surface area contributed by atoms with Gasteiger partial charge in [0, 0.05) is 59.9 Å². The number of carbonyl (C=O) groups is 2. The van der Waals surface area contributed by atoms with Gasteiger partial charge in [0.1, 0.15) is 11.9 Å². The molecule has 40 heavy (non-hydrogen) atoms. The van der Waals surface area contributed by atoms with Crippen LogP contribution in [0.25, 0.3) is 10.9 Å². The molecule has 1 N–H and O–H groups in total. The molecule has 0 saturated heterocycles. The summed E-state index contributed by atoms with van der Waals surface area (Å²) in [5.41, 5.74) is 6.78. The number of fused-ring (bicyclic) bond motifs is 1. The average Bonchev–Trinajstić information content (AvgIpc) is 3.26. The van der Waals surface area contributed by atoms with Crippen molar-refractivity contribution in [3.63, 3.8) is 0 Å². The maximum atomic E-state index is 13.0. The zero-order valence-corrected chi connectivity index (χ0v) is 24.1. The van der Waals surface area contributed by atoms with Crippen LogP contribution in [0.15, 0.2) is 77.3 Å². The molecule has 0 amide bonds. The first-order chi connectivity index (χ1) is 19.4. The first kappa shape index (κ1) is 27.8. The molecule has 1 aliphatic heterocycles. The second kappa shape index (κ2) is 12.2. The largest absolute Gasteiger partial charge is 0.496 e. The highest BCUT2D eigenvalue weighted by atomic mass is 16.5. The van der Waals surface area contributed by atoms with E-state index in [2.05, 4.69) is 54.3 Å². The summed E-state index contributed by atoms with van der Waals surface area (Å²) < 4.78 is 13.4. The van der Waals surface area contributed by atoms with E-state index in [1.54, 1.807) is 7.11 Å². The highest BCUT2D eigenvalue weighted by Crippen LogP contribution is 2.41. The van der Waals surface area contributed by atoms with Gasteiger partial charge in [0.25, 0.3) is 0 Å². The summed E-state index contributed by atoms with van der Waals surface area (Å²) in [7, 11) is 3.74. The quantitative estimate of drug-likeness (QED) is 0.360. The lowest BCUT2D eigenvalue weighted by Gasteiger charge is -2.32. The zero-order valence-electron chi connectivity index (χ0n) is 24.1. The predicted octanol–water partition coefficient (Wildman–Crippen LogP) is 7.03. The number of dihydropyridines is 1. The second-order valence-electron chi connectivity index (χ2n) is 11.2. The number of benzene rings is 2. The molecule has 1 atom stereocenters. The Morgan fingerprint density at radius 1 is 0.975 bits per heavy atom. The van der Waals surface area contributed by atoms with Gasteiger partial charge in [-0.2, -0.15) is 0 Å². The summed E-state index contributed by atoms with van der Waals surface area (Å²) in [6.07, 6.45) is 9.06. The molecule has 3 aromatic rings. The number of ketones is 1. The van der Waals surface area contributed by atoms with Gasteiger partial charge in [-0.15, -0.1) is 0 Å². The number of Topliss-reactive ketones (excluding diaryl/α,β-unsaturated/α-hetero) is 1. The number of aryl methyl sites for hydroxylation is 2. The number of ether oxygens (including phenoxy) is 2. The molecule has 6 nitrogen and oxygen atoms in total. The summed E-state index contributed by atoms with van der Waals surface area (Å²) in [4.78, 5) is 25.7. The molecule has 6 rings (SSSR count). The summed E-state index contributed by atoms with van der Waals surface area (Å²) >= 11 is 0. The molecule has 210 valence electrons. The zero-order chi connectivity index (χ0) is 28.2. The normalized spacial score (nSPS) is 19.5.